The highest BCUT2D eigenvalue weighted by atomic mass is 79.9. The van der Waals surface area contributed by atoms with Gasteiger partial charge in [-0.1, -0.05) is 31.9 Å². The summed E-state index contributed by atoms with van der Waals surface area (Å²) in [6.07, 6.45) is 0. The van der Waals surface area contributed by atoms with Crippen LogP contribution in [-0.2, 0) is 0 Å². The molecule has 0 aliphatic rings. The van der Waals surface area contributed by atoms with Gasteiger partial charge in [-0.3, -0.25) is 0 Å². The first-order valence-electron chi connectivity index (χ1n) is 5.25. The molecule has 0 aromatic heterocycles. The van der Waals surface area contributed by atoms with E-state index in [2.05, 4.69) is 47.8 Å². The van der Waals surface area contributed by atoms with E-state index in [0.717, 1.165) is 21.1 Å². The van der Waals surface area contributed by atoms with E-state index >= 15 is 0 Å². The quantitative estimate of drug-likeness (QED) is 0.611. The zero-order valence-electron chi connectivity index (χ0n) is 9.43. The Bertz CT molecular complexity index is 632. The van der Waals surface area contributed by atoms with E-state index in [0.29, 0.717) is 5.56 Å². The summed E-state index contributed by atoms with van der Waals surface area (Å²) in [5.41, 5.74) is 6.82. The van der Waals surface area contributed by atoms with Crippen molar-refractivity contribution in [2.24, 2.45) is 5.73 Å². The molecular weight excluding hydrogens is 448 g/mol. The van der Waals surface area contributed by atoms with Crippen molar-refractivity contribution in [1.29, 1.82) is 0 Å². The first kappa shape index (κ1) is 15.1. The maximum absolute atomic E-state index is 13.9. The van der Waals surface area contributed by atoms with E-state index in [-0.39, 0.29) is 10.0 Å². The second kappa shape index (κ2) is 5.99. The van der Waals surface area contributed by atoms with Crippen molar-refractivity contribution in [3.8, 4) is 0 Å². The summed E-state index contributed by atoms with van der Waals surface area (Å²) < 4.78 is 29.1. The molecule has 0 radical (unpaired) electrons. The molecule has 0 fully saturated rings. The van der Waals surface area contributed by atoms with Crippen LogP contribution in [0.25, 0.3) is 0 Å². The monoisotopic (exact) mass is 453 g/mol. The summed E-state index contributed by atoms with van der Waals surface area (Å²) in [6, 6.07) is 6.84. The molecule has 2 aromatic carbocycles. The number of rotatable bonds is 2. The van der Waals surface area contributed by atoms with Crippen LogP contribution in [0.1, 0.15) is 17.2 Å². The molecule has 100 valence electrons. The average Bonchev–Trinajstić information content (AvgIpc) is 2.36. The molecule has 19 heavy (non-hydrogen) atoms. The van der Waals surface area contributed by atoms with Crippen LogP contribution in [0.5, 0.6) is 0 Å². The Labute approximate surface area is 134 Å². The third kappa shape index (κ3) is 3.24. The van der Waals surface area contributed by atoms with Crippen LogP contribution < -0.4 is 5.73 Å². The Kier molecular flexibility index (Phi) is 4.76. The standard InChI is InChI=1S/C13H8Br3F2N/c14-6-1-2-9(15)7(3-6)13(19)8-4-12(18)10(16)5-11(8)17/h1-5,13H,19H2. The Morgan fingerprint density at radius 3 is 2.21 bits per heavy atom. The van der Waals surface area contributed by atoms with E-state index in [1.54, 1.807) is 12.1 Å². The van der Waals surface area contributed by atoms with Gasteiger partial charge in [0, 0.05) is 14.5 Å². The van der Waals surface area contributed by atoms with Gasteiger partial charge in [0.15, 0.2) is 0 Å². The molecule has 1 nitrogen and oxygen atoms in total. The van der Waals surface area contributed by atoms with Gasteiger partial charge in [-0.25, -0.2) is 8.78 Å². The third-order valence-electron chi connectivity index (χ3n) is 2.67. The number of benzene rings is 2. The second-order valence-corrected chi connectivity index (χ2v) is 6.56. The van der Waals surface area contributed by atoms with Gasteiger partial charge < -0.3 is 5.73 Å². The Hall–Kier alpha value is -0.300. The van der Waals surface area contributed by atoms with Crippen molar-refractivity contribution in [1.82, 2.24) is 0 Å². The molecule has 0 aliphatic heterocycles. The van der Waals surface area contributed by atoms with Gasteiger partial charge in [0.05, 0.1) is 10.5 Å². The van der Waals surface area contributed by atoms with Crippen molar-refractivity contribution in [2.45, 2.75) is 6.04 Å². The average molecular weight is 456 g/mol. The second-order valence-electron chi connectivity index (χ2n) is 3.93. The van der Waals surface area contributed by atoms with Crippen LogP contribution >= 0.6 is 47.8 Å². The fourth-order valence-corrected chi connectivity index (χ4v) is 2.88. The minimum absolute atomic E-state index is 0.0780. The normalized spacial score (nSPS) is 12.5. The van der Waals surface area contributed by atoms with Gasteiger partial charge in [0.2, 0.25) is 0 Å². The van der Waals surface area contributed by atoms with Gasteiger partial charge in [-0.05, 0) is 51.8 Å². The molecule has 0 bridgehead atoms. The summed E-state index contributed by atoms with van der Waals surface area (Å²) in [7, 11) is 0. The van der Waals surface area contributed by atoms with Gasteiger partial charge in [-0.15, -0.1) is 0 Å². The SMILES string of the molecule is NC(c1cc(F)c(Br)cc1F)c1cc(Br)ccc1Br. The number of nitrogens with two attached hydrogens (primary N) is 1. The van der Waals surface area contributed by atoms with E-state index in [1.807, 2.05) is 6.07 Å². The maximum atomic E-state index is 13.9. The van der Waals surface area contributed by atoms with Crippen molar-refractivity contribution in [3.05, 3.63) is 66.5 Å². The maximum Gasteiger partial charge on any atom is 0.137 e. The molecule has 1 atom stereocenters. The highest BCUT2D eigenvalue weighted by molar-refractivity contribution is 9.11. The predicted molar refractivity (Wildman–Crippen MR) is 81.9 cm³/mol. The number of hydrogen-bond donors (Lipinski definition) is 1. The summed E-state index contributed by atoms with van der Waals surface area (Å²) in [4.78, 5) is 0. The lowest BCUT2D eigenvalue weighted by Gasteiger charge is -2.16. The lowest BCUT2D eigenvalue weighted by Crippen LogP contribution is -2.15. The predicted octanol–water partition coefficient (Wildman–Crippen LogP) is 5.30. The van der Waals surface area contributed by atoms with E-state index in [9.17, 15) is 8.78 Å². The minimum Gasteiger partial charge on any atom is -0.320 e. The lowest BCUT2D eigenvalue weighted by molar-refractivity contribution is 0.572. The van der Waals surface area contributed by atoms with Gasteiger partial charge in [-0.2, -0.15) is 0 Å². The molecule has 0 aliphatic carbocycles. The topological polar surface area (TPSA) is 26.0 Å². The largest absolute Gasteiger partial charge is 0.320 e. The minimum atomic E-state index is -0.755. The van der Waals surface area contributed by atoms with Crippen LogP contribution in [0, 0.1) is 11.6 Å². The highest BCUT2D eigenvalue weighted by Crippen LogP contribution is 2.32. The molecule has 2 rings (SSSR count). The Morgan fingerprint density at radius 1 is 0.842 bits per heavy atom. The van der Waals surface area contributed by atoms with Crippen LogP contribution in [-0.4, -0.2) is 0 Å². The van der Waals surface area contributed by atoms with Crippen LogP contribution in [0.4, 0.5) is 8.78 Å². The van der Waals surface area contributed by atoms with Gasteiger partial charge >= 0.3 is 0 Å². The first-order valence-corrected chi connectivity index (χ1v) is 7.63. The van der Waals surface area contributed by atoms with E-state index in [4.69, 9.17) is 5.73 Å². The zero-order valence-corrected chi connectivity index (χ0v) is 14.2. The van der Waals surface area contributed by atoms with Crippen molar-refractivity contribution in [3.63, 3.8) is 0 Å². The van der Waals surface area contributed by atoms with Crippen LogP contribution in [0.3, 0.4) is 0 Å². The molecule has 0 saturated carbocycles. The fraction of sp³-hybridized carbons (Fsp3) is 0.0769. The molecule has 2 N–H and O–H groups in total. The highest BCUT2D eigenvalue weighted by Gasteiger charge is 2.18. The Balaban J connectivity index is 2.52. The molecule has 2 aromatic rings. The fourth-order valence-electron chi connectivity index (χ4n) is 1.70. The first-order chi connectivity index (χ1) is 8.90. The molecule has 0 amide bonds. The summed E-state index contributed by atoms with van der Waals surface area (Å²) in [6.45, 7) is 0. The molecule has 1 unspecified atom stereocenters. The molecule has 0 spiro atoms. The third-order valence-corrected chi connectivity index (χ3v) is 4.49. The molecule has 6 heteroatoms. The zero-order chi connectivity index (χ0) is 14.2. The molecule has 0 heterocycles. The number of halogens is 5. The van der Waals surface area contributed by atoms with Gasteiger partial charge in [0.25, 0.3) is 0 Å². The smallest absolute Gasteiger partial charge is 0.137 e. The summed E-state index contributed by atoms with van der Waals surface area (Å²) in [5.74, 6) is -1.09. The lowest BCUT2D eigenvalue weighted by atomic mass is 9.99. The number of hydrogen-bond acceptors (Lipinski definition) is 1. The van der Waals surface area contributed by atoms with E-state index < -0.39 is 17.7 Å². The van der Waals surface area contributed by atoms with E-state index in [1.165, 1.54) is 0 Å². The molecule has 0 saturated heterocycles. The summed E-state index contributed by atoms with van der Waals surface area (Å²) in [5, 5.41) is 0. The van der Waals surface area contributed by atoms with Gasteiger partial charge in [0.1, 0.15) is 11.6 Å². The summed E-state index contributed by atoms with van der Waals surface area (Å²) >= 11 is 9.63. The van der Waals surface area contributed by atoms with Crippen molar-refractivity contribution in [2.75, 3.05) is 0 Å². The van der Waals surface area contributed by atoms with Crippen molar-refractivity contribution >= 4 is 47.8 Å². The van der Waals surface area contributed by atoms with Crippen molar-refractivity contribution < 1.29 is 8.78 Å². The van der Waals surface area contributed by atoms with Crippen LogP contribution in [0.15, 0.2) is 43.7 Å². The van der Waals surface area contributed by atoms with Crippen LogP contribution in [0.2, 0.25) is 0 Å². The molecular formula is C13H8Br3F2N. The Morgan fingerprint density at radius 2 is 1.53 bits per heavy atom.